The van der Waals surface area contributed by atoms with E-state index in [4.69, 9.17) is 0 Å². The molecule has 0 aromatic heterocycles. The molecule has 1 fully saturated rings. The normalized spacial score (nSPS) is 26.0. The number of hydrogen-bond donors (Lipinski definition) is 0. The highest BCUT2D eigenvalue weighted by Gasteiger charge is 2.35. The van der Waals surface area contributed by atoms with E-state index in [1.165, 1.54) is 22.3 Å². The molecule has 5 aliphatic carbocycles. The molecule has 0 unspecified atom stereocenters. The van der Waals surface area contributed by atoms with Crippen molar-refractivity contribution in [2.24, 2.45) is 0 Å². The van der Waals surface area contributed by atoms with Gasteiger partial charge in [0.25, 0.3) is 0 Å². The Kier molecular flexibility index (Phi) is 0.252. The summed E-state index contributed by atoms with van der Waals surface area (Å²) < 4.78 is 0. The second kappa shape index (κ2) is 0.655. The fraction of sp³-hybridized carbons (Fsp3) is 0. The van der Waals surface area contributed by atoms with Crippen molar-refractivity contribution in [3.63, 3.8) is 0 Å². The van der Waals surface area contributed by atoms with E-state index in [9.17, 15) is 0 Å². The van der Waals surface area contributed by atoms with Crippen LogP contribution in [-0.4, -0.2) is 0 Å². The van der Waals surface area contributed by atoms with Crippen molar-refractivity contribution in [2.75, 3.05) is 0 Å². The van der Waals surface area contributed by atoms with Crippen LogP contribution in [0.4, 0.5) is 0 Å². The fourth-order valence-corrected chi connectivity index (χ4v) is 1.57. The lowest BCUT2D eigenvalue weighted by Gasteiger charge is -2.17. The summed E-state index contributed by atoms with van der Waals surface area (Å²) in [5.41, 5.74) is 5.89. The van der Waals surface area contributed by atoms with Crippen LogP contribution in [0.5, 0.6) is 0 Å². The molecule has 36 valence electrons. The first-order valence-corrected chi connectivity index (χ1v) is 2.82. The van der Waals surface area contributed by atoms with Crippen molar-refractivity contribution >= 4 is 0 Å². The van der Waals surface area contributed by atoms with Gasteiger partial charge in [-0.3, -0.25) is 0 Å². The molecular weight excluding hydrogens is 96.1 g/mol. The molecule has 0 N–H and O–H groups in total. The highest BCUT2D eigenvalue weighted by atomic mass is 14.4. The molecule has 0 aromatic carbocycles. The molecule has 4 bridgehead atoms. The summed E-state index contributed by atoms with van der Waals surface area (Å²) in [5, 5.41) is 0. The minimum atomic E-state index is 1.47. The second-order valence-electron chi connectivity index (χ2n) is 2.32. The second-order valence-corrected chi connectivity index (χ2v) is 2.32. The zero-order valence-corrected chi connectivity index (χ0v) is 4.31. The molecule has 0 radical (unpaired) electrons. The molecule has 0 amide bonds. The van der Waals surface area contributed by atoms with E-state index in [-0.39, 0.29) is 0 Å². The third kappa shape index (κ3) is 0.125. The van der Waals surface area contributed by atoms with Crippen LogP contribution in [-0.2, 0) is 0 Å². The van der Waals surface area contributed by atoms with Crippen LogP contribution in [0.25, 0.3) is 0 Å². The predicted octanol–water partition coefficient (Wildman–Crippen LogP) is 1.73. The highest BCUT2D eigenvalue weighted by Crippen LogP contribution is 2.52. The van der Waals surface area contributed by atoms with Crippen LogP contribution in [0.2, 0.25) is 0 Å². The summed E-state index contributed by atoms with van der Waals surface area (Å²) in [7, 11) is 0. The van der Waals surface area contributed by atoms with Crippen LogP contribution in [0.3, 0.4) is 0 Å². The van der Waals surface area contributed by atoms with E-state index in [2.05, 4.69) is 24.3 Å². The van der Waals surface area contributed by atoms with E-state index in [0.29, 0.717) is 0 Å². The zero-order valence-electron chi connectivity index (χ0n) is 4.31. The van der Waals surface area contributed by atoms with Gasteiger partial charge in [0, 0.05) is 0 Å². The van der Waals surface area contributed by atoms with Crippen LogP contribution >= 0.6 is 0 Å². The Morgan fingerprint density at radius 3 is 1.00 bits per heavy atom. The maximum absolute atomic E-state index is 2.19. The topological polar surface area (TPSA) is 0 Å². The smallest absolute Gasteiger partial charge is 0.00987 e. The predicted molar refractivity (Wildman–Crippen MR) is 32.3 cm³/mol. The molecule has 5 rings (SSSR count). The van der Waals surface area contributed by atoms with Gasteiger partial charge >= 0.3 is 0 Å². The monoisotopic (exact) mass is 100 g/mol. The van der Waals surface area contributed by atoms with Crippen molar-refractivity contribution in [2.45, 2.75) is 0 Å². The minimum absolute atomic E-state index is 1.47. The van der Waals surface area contributed by atoms with E-state index >= 15 is 0 Å². The minimum Gasteiger partial charge on any atom is -0.0531 e. The first-order chi connectivity index (χ1) is 3.97. The summed E-state index contributed by atoms with van der Waals surface area (Å²) in [6.07, 6.45) is 8.78. The van der Waals surface area contributed by atoms with Gasteiger partial charge in [-0.2, -0.15) is 0 Å². The van der Waals surface area contributed by atoms with Crippen LogP contribution < -0.4 is 0 Å². The van der Waals surface area contributed by atoms with Gasteiger partial charge in [0.1, 0.15) is 0 Å². The largest absolute Gasteiger partial charge is 0.0531 e. The van der Waals surface area contributed by atoms with Crippen molar-refractivity contribution in [3.8, 4) is 0 Å². The SMILES string of the molecule is C1=C2C3=CC=C2C3=C1. The lowest BCUT2D eigenvalue weighted by molar-refractivity contribution is 1.36. The first kappa shape index (κ1) is 3.08. The molecular formula is C8H4. The van der Waals surface area contributed by atoms with E-state index < -0.39 is 0 Å². The lowest BCUT2D eigenvalue weighted by Crippen LogP contribution is -2.00. The Bertz CT molecular complexity index is 216. The Labute approximate surface area is 47.5 Å². The van der Waals surface area contributed by atoms with Gasteiger partial charge in [0.05, 0.1) is 0 Å². The molecule has 0 saturated heterocycles. The maximum atomic E-state index is 2.19. The van der Waals surface area contributed by atoms with Crippen LogP contribution in [0.15, 0.2) is 46.6 Å². The number of fused-ring (bicyclic) bond motifs is 2. The molecule has 0 heterocycles. The number of allylic oxidation sites excluding steroid dienone is 8. The van der Waals surface area contributed by atoms with E-state index in [1.807, 2.05) is 0 Å². The van der Waals surface area contributed by atoms with Gasteiger partial charge in [-0.05, 0) is 22.3 Å². The average Bonchev–Trinajstić information content (AvgIpc) is 2.39. The standard InChI is InChI=1S/C8H4/c1-2-6-7-3-4-8(6)5(1)7/h1-4H. The molecule has 0 nitrogen and oxygen atoms in total. The highest BCUT2D eigenvalue weighted by molar-refractivity contribution is 5.88. The van der Waals surface area contributed by atoms with E-state index in [1.54, 1.807) is 0 Å². The molecule has 0 spiro atoms. The molecule has 0 atom stereocenters. The number of hydrogen-bond acceptors (Lipinski definition) is 0. The van der Waals surface area contributed by atoms with Crippen LogP contribution in [0, 0.1) is 0 Å². The molecule has 0 aromatic rings. The van der Waals surface area contributed by atoms with Gasteiger partial charge in [-0.15, -0.1) is 0 Å². The Balaban J connectivity index is 2.67. The fourth-order valence-electron chi connectivity index (χ4n) is 1.57. The first-order valence-electron chi connectivity index (χ1n) is 2.82. The van der Waals surface area contributed by atoms with Gasteiger partial charge in [0.15, 0.2) is 0 Å². The Hall–Kier alpha value is -1.04. The summed E-state index contributed by atoms with van der Waals surface area (Å²) in [4.78, 5) is 0. The van der Waals surface area contributed by atoms with Crippen molar-refractivity contribution in [1.82, 2.24) is 0 Å². The van der Waals surface area contributed by atoms with Crippen LogP contribution in [0.1, 0.15) is 0 Å². The van der Waals surface area contributed by atoms with Gasteiger partial charge in [-0.1, -0.05) is 24.3 Å². The van der Waals surface area contributed by atoms with Gasteiger partial charge in [0.2, 0.25) is 0 Å². The Morgan fingerprint density at radius 1 is 0.500 bits per heavy atom. The summed E-state index contributed by atoms with van der Waals surface area (Å²) in [5.74, 6) is 0. The van der Waals surface area contributed by atoms with Gasteiger partial charge in [-0.25, -0.2) is 0 Å². The maximum Gasteiger partial charge on any atom is -0.00987 e. The third-order valence-corrected chi connectivity index (χ3v) is 1.99. The quantitative estimate of drug-likeness (QED) is 0.435. The molecule has 5 aliphatic rings. The zero-order chi connectivity index (χ0) is 5.14. The average molecular weight is 100 g/mol. The van der Waals surface area contributed by atoms with Crippen molar-refractivity contribution in [1.29, 1.82) is 0 Å². The molecule has 0 aliphatic heterocycles. The van der Waals surface area contributed by atoms with E-state index in [0.717, 1.165) is 0 Å². The van der Waals surface area contributed by atoms with Crippen molar-refractivity contribution in [3.05, 3.63) is 46.6 Å². The molecule has 8 heavy (non-hydrogen) atoms. The summed E-state index contributed by atoms with van der Waals surface area (Å²) >= 11 is 0. The molecule has 0 heteroatoms. The van der Waals surface area contributed by atoms with Gasteiger partial charge < -0.3 is 0 Å². The summed E-state index contributed by atoms with van der Waals surface area (Å²) in [6, 6.07) is 0. The summed E-state index contributed by atoms with van der Waals surface area (Å²) in [6.45, 7) is 0. The number of rotatable bonds is 0. The third-order valence-electron chi connectivity index (χ3n) is 1.99. The molecule has 1 saturated carbocycles. The van der Waals surface area contributed by atoms with Crippen molar-refractivity contribution < 1.29 is 0 Å². The lowest BCUT2D eigenvalue weighted by atomic mass is 9.85. The Morgan fingerprint density at radius 2 is 0.750 bits per heavy atom.